The predicted molar refractivity (Wildman–Crippen MR) is 87.7 cm³/mol. The van der Waals surface area contributed by atoms with Gasteiger partial charge in [0.25, 0.3) is 0 Å². The molecule has 2 aliphatic rings. The number of nitrogens with zero attached hydrogens (tertiary/aromatic N) is 1. The molecule has 1 amide bonds. The molecule has 1 N–H and O–H groups in total. The van der Waals surface area contributed by atoms with Crippen molar-refractivity contribution in [3.8, 4) is 0 Å². The van der Waals surface area contributed by atoms with Crippen LogP contribution in [0.3, 0.4) is 0 Å². The van der Waals surface area contributed by atoms with Crippen LogP contribution in [0.25, 0.3) is 0 Å². The van der Waals surface area contributed by atoms with Crippen molar-refractivity contribution in [2.45, 2.75) is 70.4 Å². The van der Waals surface area contributed by atoms with Gasteiger partial charge >= 0.3 is 12.1 Å². The third-order valence-electron chi connectivity index (χ3n) is 5.04. The quantitative estimate of drug-likeness (QED) is 0.749. The van der Waals surface area contributed by atoms with Crippen LogP contribution >= 0.6 is 0 Å². The van der Waals surface area contributed by atoms with Crippen molar-refractivity contribution in [1.29, 1.82) is 0 Å². The minimum atomic E-state index is -1.25. The average molecular weight is 327 g/mol. The van der Waals surface area contributed by atoms with Crippen LogP contribution in [0, 0.1) is 11.8 Å². The number of likely N-dealkylation sites (tertiary alicyclic amines) is 1. The van der Waals surface area contributed by atoms with Crippen LogP contribution in [0.5, 0.6) is 0 Å². The van der Waals surface area contributed by atoms with E-state index in [-0.39, 0.29) is 0 Å². The van der Waals surface area contributed by atoms with E-state index < -0.39 is 31.3 Å². The van der Waals surface area contributed by atoms with Crippen LogP contribution in [-0.4, -0.2) is 47.8 Å². The Morgan fingerprint density at radius 1 is 1.23 bits per heavy atom. The Morgan fingerprint density at radius 2 is 1.77 bits per heavy atom. The van der Waals surface area contributed by atoms with Crippen LogP contribution in [0.4, 0.5) is 4.79 Å². The number of hydrogen-bond acceptors (Lipinski definition) is 3. The molecule has 0 bridgehead atoms. The molecule has 6 heteroatoms. The van der Waals surface area contributed by atoms with E-state index in [2.05, 4.69) is 13.1 Å². The van der Waals surface area contributed by atoms with Crippen molar-refractivity contribution in [2.75, 3.05) is 6.54 Å². The second-order valence-electron chi connectivity index (χ2n) is 8.97. The molecule has 0 spiro atoms. The summed E-state index contributed by atoms with van der Waals surface area (Å²) in [6.45, 7) is 12.3. The minimum Gasteiger partial charge on any atom is -0.480 e. The van der Waals surface area contributed by atoms with E-state index in [4.69, 9.17) is 4.74 Å². The first-order valence-corrected chi connectivity index (χ1v) is 11.5. The van der Waals surface area contributed by atoms with Gasteiger partial charge in [0.2, 0.25) is 0 Å². The number of aliphatic carboxylic acids is 1. The molecule has 22 heavy (non-hydrogen) atoms. The number of rotatable bonds is 1. The monoisotopic (exact) mass is 327 g/mol. The fraction of sp³-hybridized carbons (Fsp3) is 0.875. The molecule has 2 saturated heterocycles. The van der Waals surface area contributed by atoms with Gasteiger partial charge in [0.05, 0.1) is 0 Å². The molecular formula is C16H29NO4Si. The summed E-state index contributed by atoms with van der Waals surface area (Å²) in [4.78, 5) is 25.9. The summed E-state index contributed by atoms with van der Waals surface area (Å²) in [5.74, 6) is -0.0637. The number of carbonyl (C=O) groups excluding carboxylic acids is 1. The summed E-state index contributed by atoms with van der Waals surface area (Å²) in [5.41, 5.74) is -1.77. The van der Waals surface area contributed by atoms with Gasteiger partial charge in [-0.15, -0.1) is 0 Å². The maximum absolute atomic E-state index is 12.5. The number of piperidine rings is 1. The van der Waals surface area contributed by atoms with Crippen LogP contribution in [-0.2, 0) is 9.53 Å². The highest BCUT2D eigenvalue weighted by atomic mass is 28.3. The molecule has 2 aliphatic heterocycles. The van der Waals surface area contributed by atoms with Gasteiger partial charge in [-0.3, -0.25) is 4.90 Å². The number of hydrogen-bond donors (Lipinski definition) is 1. The minimum absolute atomic E-state index is 0.432. The van der Waals surface area contributed by atoms with Crippen molar-refractivity contribution in [3.63, 3.8) is 0 Å². The largest absolute Gasteiger partial charge is 0.480 e. The highest BCUT2D eigenvalue weighted by Gasteiger charge is 2.55. The Morgan fingerprint density at radius 3 is 2.27 bits per heavy atom. The Balaban J connectivity index is 2.26. The molecule has 2 rings (SSSR count). The SMILES string of the molecule is CC(C)(C)OC(=O)N1C[C@H]2C[Si](C)(C)C[C@@H]2CC1(C)C(=O)O. The van der Waals surface area contributed by atoms with Crippen LogP contribution in [0.1, 0.15) is 34.1 Å². The van der Waals surface area contributed by atoms with Crippen molar-refractivity contribution < 1.29 is 19.4 Å². The lowest BCUT2D eigenvalue weighted by molar-refractivity contribution is -0.154. The van der Waals surface area contributed by atoms with Crippen LogP contribution in [0.15, 0.2) is 0 Å². The van der Waals surface area contributed by atoms with E-state index >= 15 is 0 Å². The fourth-order valence-corrected chi connectivity index (χ4v) is 8.09. The second-order valence-corrected chi connectivity index (χ2v) is 14.1. The van der Waals surface area contributed by atoms with Gasteiger partial charge in [0.1, 0.15) is 11.1 Å². The van der Waals surface area contributed by atoms with Gasteiger partial charge in [0.15, 0.2) is 0 Å². The Bertz CT molecular complexity index is 485. The van der Waals surface area contributed by atoms with Crippen molar-refractivity contribution >= 4 is 20.1 Å². The summed E-state index contributed by atoms with van der Waals surface area (Å²) >= 11 is 0. The molecule has 2 fully saturated rings. The highest BCUT2D eigenvalue weighted by molar-refractivity contribution is 6.78. The van der Waals surface area contributed by atoms with Gasteiger partial charge in [0, 0.05) is 14.6 Å². The zero-order valence-electron chi connectivity index (χ0n) is 14.6. The second kappa shape index (κ2) is 5.25. The van der Waals surface area contributed by atoms with E-state index in [1.165, 1.54) is 17.0 Å². The first kappa shape index (κ1) is 17.3. The molecule has 0 radical (unpaired) electrons. The lowest BCUT2D eigenvalue weighted by atomic mass is 9.77. The van der Waals surface area contributed by atoms with Gasteiger partial charge < -0.3 is 9.84 Å². The summed E-state index contributed by atoms with van der Waals surface area (Å²) in [5, 5.41) is 9.73. The first-order valence-electron chi connectivity index (χ1n) is 8.08. The van der Waals surface area contributed by atoms with E-state index in [0.29, 0.717) is 24.8 Å². The molecular weight excluding hydrogens is 298 g/mol. The first-order chi connectivity index (χ1) is 9.84. The van der Waals surface area contributed by atoms with Crippen LogP contribution in [0.2, 0.25) is 25.2 Å². The van der Waals surface area contributed by atoms with Crippen LogP contribution < -0.4 is 0 Å². The molecule has 126 valence electrons. The summed E-state index contributed by atoms with van der Waals surface area (Å²) in [7, 11) is -1.25. The standard InChI is InChI=1S/C16H29NO4Si/c1-15(2,3)21-14(20)17-8-12-10-22(5,6)9-11(12)7-16(17,4)13(18)19/h11-12H,7-10H2,1-6H3,(H,18,19)/t11-,12-,16?/m0/s1. The van der Waals surface area contributed by atoms with E-state index in [0.717, 1.165) is 0 Å². The van der Waals surface area contributed by atoms with E-state index in [9.17, 15) is 14.7 Å². The Kier molecular flexibility index (Phi) is 4.13. The maximum Gasteiger partial charge on any atom is 0.411 e. The summed E-state index contributed by atoms with van der Waals surface area (Å²) in [6.07, 6.45) is 0.0464. The number of ether oxygens (including phenoxy) is 1. The Labute approximate surface area is 134 Å². The smallest absolute Gasteiger partial charge is 0.411 e. The van der Waals surface area contributed by atoms with Crippen molar-refractivity contribution in [3.05, 3.63) is 0 Å². The highest BCUT2D eigenvalue weighted by Crippen LogP contribution is 2.49. The third kappa shape index (κ3) is 3.31. The maximum atomic E-state index is 12.5. The molecule has 2 heterocycles. The molecule has 0 aromatic carbocycles. The number of amides is 1. The zero-order chi connectivity index (χ0) is 16.9. The number of carboxylic acid groups (broad SMARTS) is 1. The zero-order valence-corrected chi connectivity index (χ0v) is 15.6. The molecule has 0 aromatic heterocycles. The lowest BCUT2D eigenvalue weighted by Gasteiger charge is -2.46. The third-order valence-corrected chi connectivity index (χ3v) is 8.30. The van der Waals surface area contributed by atoms with Gasteiger partial charge in [-0.25, -0.2) is 9.59 Å². The topological polar surface area (TPSA) is 66.8 Å². The number of carboxylic acids is 1. The molecule has 5 nitrogen and oxygen atoms in total. The average Bonchev–Trinajstić information content (AvgIpc) is 2.58. The summed E-state index contributed by atoms with van der Waals surface area (Å²) in [6, 6.07) is 2.34. The number of carbonyl (C=O) groups is 2. The van der Waals surface area contributed by atoms with E-state index in [1.807, 2.05) is 0 Å². The molecule has 0 saturated carbocycles. The molecule has 1 unspecified atom stereocenters. The molecule has 3 atom stereocenters. The van der Waals surface area contributed by atoms with Crippen molar-refractivity contribution in [2.24, 2.45) is 11.8 Å². The molecule has 0 aliphatic carbocycles. The lowest BCUT2D eigenvalue weighted by Crippen LogP contribution is -2.61. The predicted octanol–water partition coefficient (Wildman–Crippen LogP) is 3.42. The van der Waals surface area contributed by atoms with Gasteiger partial charge in [-0.1, -0.05) is 25.2 Å². The van der Waals surface area contributed by atoms with Crippen molar-refractivity contribution in [1.82, 2.24) is 4.90 Å². The number of fused-ring (bicyclic) bond motifs is 1. The Hall–Kier alpha value is -1.04. The molecule has 0 aromatic rings. The van der Waals surface area contributed by atoms with Gasteiger partial charge in [-0.2, -0.15) is 0 Å². The normalized spacial score (nSPS) is 34.2. The summed E-state index contributed by atoms with van der Waals surface area (Å²) < 4.78 is 5.46. The van der Waals surface area contributed by atoms with E-state index in [1.54, 1.807) is 27.7 Å². The fourth-order valence-electron chi connectivity index (χ4n) is 4.14. The van der Waals surface area contributed by atoms with Gasteiger partial charge in [-0.05, 0) is 46.0 Å².